The van der Waals surface area contributed by atoms with Crippen LogP contribution in [-0.4, -0.2) is 42.1 Å². The normalized spacial score (nSPS) is 10.4. The van der Waals surface area contributed by atoms with E-state index in [1.54, 1.807) is 6.07 Å². The molecular weight excluding hydrogens is 336 g/mol. The quantitative estimate of drug-likeness (QED) is 0.670. The van der Waals surface area contributed by atoms with E-state index in [0.717, 1.165) is 30.2 Å². The van der Waals surface area contributed by atoms with Gasteiger partial charge >= 0.3 is 0 Å². The fourth-order valence-corrected chi connectivity index (χ4v) is 2.55. The first kappa shape index (κ1) is 18.4. The highest BCUT2D eigenvalue weighted by molar-refractivity contribution is 5.68. The molecule has 0 fully saturated rings. The van der Waals surface area contributed by atoms with E-state index >= 15 is 0 Å². The lowest BCUT2D eigenvalue weighted by Crippen LogP contribution is -2.21. The van der Waals surface area contributed by atoms with Crippen LogP contribution in [0.4, 0.5) is 17.3 Å². The number of hydrogen-bond donors (Lipinski definition) is 2. The minimum Gasteiger partial charge on any atom is -0.369 e. The molecule has 0 amide bonds. The molecular formula is C21H22N6. The lowest BCUT2D eigenvalue weighted by Gasteiger charge is -2.14. The molecule has 0 bridgehead atoms. The van der Waals surface area contributed by atoms with Gasteiger partial charge in [-0.25, -0.2) is 9.97 Å². The summed E-state index contributed by atoms with van der Waals surface area (Å²) in [5.74, 6) is 2.00. The molecule has 136 valence electrons. The number of benzene rings is 2. The van der Waals surface area contributed by atoms with Gasteiger partial charge in [-0.3, -0.25) is 0 Å². The highest BCUT2D eigenvalue weighted by Gasteiger charge is 2.09. The smallest absolute Gasteiger partial charge is 0.163 e. The minimum absolute atomic E-state index is 0.569. The Morgan fingerprint density at radius 1 is 0.963 bits per heavy atom. The predicted molar refractivity (Wildman–Crippen MR) is 109 cm³/mol. The summed E-state index contributed by atoms with van der Waals surface area (Å²) in [6.45, 7) is 1.66. The maximum atomic E-state index is 9.31. The molecule has 0 radical (unpaired) electrons. The Bertz CT molecular complexity index is 931. The molecule has 0 atom stereocenters. The number of hydrogen-bond acceptors (Lipinski definition) is 6. The van der Waals surface area contributed by atoms with Gasteiger partial charge in [0.2, 0.25) is 0 Å². The molecule has 0 spiro atoms. The van der Waals surface area contributed by atoms with Gasteiger partial charge in [0, 0.05) is 24.7 Å². The molecule has 0 saturated carbocycles. The summed E-state index contributed by atoms with van der Waals surface area (Å²) in [7, 11) is 4.06. The molecule has 1 heterocycles. The van der Waals surface area contributed by atoms with Gasteiger partial charge in [0.25, 0.3) is 0 Å². The molecule has 0 saturated heterocycles. The van der Waals surface area contributed by atoms with Gasteiger partial charge < -0.3 is 15.5 Å². The zero-order valence-corrected chi connectivity index (χ0v) is 15.5. The van der Waals surface area contributed by atoms with Gasteiger partial charge in [-0.05, 0) is 26.2 Å². The predicted octanol–water partition coefficient (Wildman–Crippen LogP) is 3.73. The average Bonchev–Trinajstić information content (AvgIpc) is 2.69. The Morgan fingerprint density at radius 2 is 1.67 bits per heavy atom. The summed E-state index contributed by atoms with van der Waals surface area (Å²) >= 11 is 0. The SMILES string of the molecule is CN(C)CCNc1cc(Nc2ccccc2C#N)nc(-c2ccccc2)n1. The second-order valence-corrected chi connectivity index (χ2v) is 6.34. The number of aromatic nitrogens is 2. The van der Waals surface area contributed by atoms with Crippen LogP contribution < -0.4 is 10.6 Å². The summed E-state index contributed by atoms with van der Waals surface area (Å²) in [6, 6.07) is 21.3. The topological polar surface area (TPSA) is 76.9 Å². The fraction of sp³-hybridized carbons (Fsp3) is 0.190. The Morgan fingerprint density at radius 3 is 2.41 bits per heavy atom. The van der Waals surface area contributed by atoms with Crippen LogP contribution in [0.2, 0.25) is 0 Å². The van der Waals surface area contributed by atoms with Crippen molar-refractivity contribution in [2.75, 3.05) is 37.8 Å². The third-order valence-corrected chi connectivity index (χ3v) is 3.93. The molecule has 6 nitrogen and oxygen atoms in total. The van der Waals surface area contributed by atoms with E-state index in [0.29, 0.717) is 17.2 Å². The molecule has 0 aliphatic heterocycles. The van der Waals surface area contributed by atoms with E-state index < -0.39 is 0 Å². The Labute approximate surface area is 159 Å². The zero-order valence-electron chi connectivity index (χ0n) is 15.5. The number of likely N-dealkylation sites (N-methyl/N-ethyl adjacent to an activating group) is 1. The third-order valence-electron chi connectivity index (χ3n) is 3.93. The standard InChI is InChI=1S/C21H22N6/c1-27(2)13-12-23-19-14-20(24-18-11-7-6-10-17(18)15-22)26-21(25-19)16-8-4-3-5-9-16/h3-11,14H,12-13H2,1-2H3,(H2,23,24,25,26). The monoisotopic (exact) mass is 358 g/mol. The first-order chi connectivity index (χ1) is 13.2. The first-order valence-corrected chi connectivity index (χ1v) is 8.75. The second kappa shape index (κ2) is 8.79. The molecule has 0 unspecified atom stereocenters. The van der Waals surface area contributed by atoms with Crippen molar-refractivity contribution in [3.8, 4) is 17.5 Å². The number of nitrogens with one attached hydrogen (secondary N) is 2. The highest BCUT2D eigenvalue weighted by atomic mass is 15.1. The van der Waals surface area contributed by atoms with E-state index in [1.165, 1.54) is 0 Å². The maximum absolute atomic E-state index is 9.31. The average molecular weight is 358 g/mol. The van der Waals surface area contributed by atoms with Gasteiger partial charge in [0.1, 0.15) is 17.7 Å². The van der Waals surface area contributed by atoms with Crippen molar-refractivity contribution in [3.05, 3.63) is 66.2 Å². The summed E-state index contributed by atoms with van der Waals surface area (Å²) in [4.78, 5) is 11.4. The molecule has 1 aromatic heterocycles. The van der Waals surface area contributed by atoms with Gasteiger partial charge in [0.15, 0.2) is 5.82 Å². The van der Waals surface area contributed by atoms with Crippen molar-refractivity contribution >= 4 is 17.3 Å². The number of nitrogens with zero attached hydrogens (tertiary/aromatic N) is 4. The summed E-state index contributed by atoms with van der Waals surface area (Å²) in [6.07, 6.45) is 0. The van der Waals surface area contributed by atoms with E-state index in [9.17, 15) is 5.26 Å². The summed E-state index contributed by atoms with van der Waals surface area (Å²) < 4.78 is 0. The summed E-state index contributed by atoms with van der Waals surface area (Å²) in [5, 5.41) is 15.9. The van der Waals surface area contributed by atoms with Crippen LogP contribution in [0.5, 0.6) is 0 Å². The van der Waals surface area contributed by atoms with Crippen LogP contribution in [0, 0.1) is 11.3 Å². The van der Waals surface area contributed by atoms with E-state index in [-0.39, 0.29) is 0 Å². The van der Waals surface area contributed by atoms with Crippen molar-refractivity contribution in [2.45, 2.75) is 0 Å². The second-order valence-electron chi connectivity index (χ2n) is 6.34. The molecule has 0 aliphatic rings. The Balaban J connectivity index is 1.93. The van der Waals surface area contributed by atoms with Crippen molar-refractivity contribution in [2.24, 2.45) is 0 Å². The molecule has 6 heteroatoms. The van der Waals surface area contributed by atoms with Crippen LogP contribution >= 0.6 is 0 Å². The molecule has 0 aliphatic carbocycles. The fourth-order valence-electron chi connectivity index (χ4n) is 2.55. The number of anilines is 3. The zero-order chi connectivity index (χ0) is 19.1. The number of rotatable bonds is 7. The molecule has 3 rings (SSSR count). The van der Waals surface area contributed by atoms with E-state index in [2.05, 4.69) is 31.6 Å². The highest BCUT2D eigenvalue weighted by Crippen LogP contribution is 2.24. The van der Waals surface area contributed by atoms with Crippen molar-refractivity contribution < 1.29 is 0 Å². The van der Waals surface area contributed by atoms with Crippen LogP contribution in [0.15, 0.2) is 60.7 Å². The first-order valence-electron chi connectivity index (χ1n) is 8.75. The molecule has 27 heavy (non-hydrogen) atoms. The van der Waals surface area contributed by atoms with Gasteiger partial charge in [-0.2, -0.15) is 5.26 Å². The lowest BCUT2D eigenvalue weighted by atomic mass is 10.2. The van der Waals surface area contributed by atoms with Crippen molar-refractivity contribution in [1.29, 1.82) is 5.26 Å². The number of nitriles is 1. The maximum Gasteiger partial charge on any atom is 0.163 e. The van der Waals surface area contributed by atoms with E-state index in [1.807, 2.05) is 68.7 Å². The largest absolute Gasteiger partial charge is 0.369 e. The number of para-hydroxylation sites is 1. The van der Waals surface area contributed by atoms with Crippen LogP contribution in [0.25, 0.3) is 11.4 Å². The Kier molecular flexibility index (Phi) is 5.98. The van der Waals surface area contributed by atoms with Crippen LogP contribution in [0.1, 0.15) is 5.56 Å². The van der Waals surface area contributed by atoms with Gasteiger partial charge in [0.05, 0.1) is 11.3 Å². The molecule has 2 aromatic carbocycles. The summed E-state index contributed by atoms with van der Waals surface area (Å²) in [5.41, 5.74) is 2.22. The Hall–Kier alpha value is -3.43. The van der Waals surface area contributed by atoms with Crippen molar-refractivity contribution in [3.63, 3.8) is 0 Å². The third kappa shape index (κ3) is 5.03. The van der Waals surface area contributed by atoms with Gasteiger partial charge in [-0.1, -0.05) is 42.5 Å². The van der Waals surface area contributed by atoms with Crippen LogP contribution in [0.3, 0.4) is 0 Å². The molecule has 3 aromatic rings. The molecule has 2 N–H and O–H groups in total. The minimum atomic E-state index is 0.569. The van der Waals surface area contributed by atoms with Crippen molar-refractivity contribution in [1.82, 2.24) is 14.9 Å². The lowest BCUT2D eigenvalue weighted by molar-refractivity contribution is 0.425. The van der Waals surface area contributed by atoms with E-state index in [4.69, 9.17) is 0 Å². The van der Waals surface area contributed by atoms with Crippen LogP contribution in [-0.2, 0) is 0 Å². The van der Waals surface area contributed by atoms with Gasteiger partial charge in [-0.15, -0.1) is 0 Å².